The van der Waals surface area contributed by atoms with Crippen LogP contribution in [0.5, 0.6) is 0 Å². The van der Waals surface area contributed by atoms with Crippen molar-refractivity contribution in [3.05, 3.63) is 71.5 Å². The van der Waals surface area contributed by atoms with E-state index in [-0.39, 0.29) is 24.0 Å². The minimum absolute atomic E-state index is 0.0170. The van der Waals surface area contributed by atoms with Crippen molar-refractivity contribution in [3.8, 4) is 0 Å². The van der Waals surface area contributed by atoms with Gasteiger partial charge in [-0.3, -0.25) is 9.78 Å². The molecule has 1 N–H and O–H groups in total. The molecule has 3 fully saturated rings. The molecule has 0 aliphatic carbocycles. The quantitative estimate of drug-likeness (QED) is 0.515. The van der Waals surface area contributed by atoms with Gasteiger partial charge in [-0.05, 0) is 78.7 Å². The molecule has 1 aromatic heterocycles. The molecule has 1 amide bonds. The zero-order chi connectivity index (χ0) is 26.5. The Hall–Kier alpha value is -2.60. The monoisotopic (exact) mass is 556 g/mol. The molecule has 4 heterocycles. The van der Waals surface area contributed by atoms with Crippen LogP contribution in [0.25, 0.3) is 10.8 Å². The Labute approximate surface area is 226 Å². The second kappa shape index (κ2) is 9.55. The first-order chi connectivity index (χ1) is 18.3. The molecule has 3 aromatic rings. The van der Waals surface area contributed by atoms with E-state index in [0.717, 1.165) is 23.9 Å². The summed E-state index contributed by atoms with van der Waals surface area (Å²) in [6.45, 7) is 1.62. The van der Waals surface area contributed by atoms with Gasteiger partial charge in [0, 0.05) is 24.5 Å². The molecule has 2 aromatic carbocycles. The molecular weight excluding hydrogens is 528 g/mol. The van der Waals surface area contributed by atoms with Crippen LogP contribution in [0.2, 0.25) is 5.02 Å². The lowest BCUT2D eigenvalue weighted by Crippen LogP contribution is -2.66. The van der Waals surface area contributed by atoms with Crippen LogP contribution in [0.3, 0.4) is 0 Å². The number of benzene rings is 2. The predicted molar refractivity (Wildman–Crippen MR) is 142 cm³/mol. The van der Waals surface area contributed by atoms with Crippen LogP contribution in [0.15, 0.2) is 65.8 Å². The number of carbonyl (C=O) groups is 1. The fourth-order valence-corrected chi connectivity index (χ4v) is 7.96. The third kappa shape index (κ3) is 4.11. The van der Waals surface area contributed by atoms with Gasteiger partial charge < -0.3 is 19.7 Å². The van der Waals surface area contributed by atoms with Gasteiger partial charge in [-0.25, -0.2) is 8.42 Å². The second-order valence-corrected chi connectivity index (χ2v) is 12.5. The maximum absolute atomic E-state index is 14.3. The first-order valence-corrected chi connectivity index (χ1v) is 14.4. The summed E-state index contributed by atoms with van der Waals surface area (Å²) in [6, 6.07) is 12.9. The number of aromatic nitrogens is 1. The molecule has 6 rings (SSSR count). The number of sulfonamides is 1. The zero-order valence-electron chi connectivity index (χ0n) is 21.0. The first-order valence-electron chi connectivity index (χ1n) is 12.6. The van der Waals surface area contributed by atoms with Crippen molar-refractivity contribution >= 4 is 38.3 Å². The summed E-state index contributed by atoms with van der Waals surface area (Å²) in [5.74, 6) is -0.307. The minimum Gasteiger partial charge on any atom is -0.380 e. The average molecular weight is 557 g/mol. The van der Waals surface area contributed by atoms with Crippen LogP contribution >= 0.6 is 11.6 Å². The fraction of sp³-hybridized carbons (Fsp3) is 0.407. The van der Waals surface area contributed by atoms with E-state index >= 15 is 0 Å². The van der Waals surface area contributed by atoms with Gasteiger partial charge in [-0.2, -0.15) is 4.31 Å². The molecule has 0 saturated carbocycles. The number of ether oxygens (including phenoxy) is 2. The summed E-state index contributed by atoms with van der Waals surface area (Å²) in [4.78, 5) is 19.7. The highest BCUT2D eigenvalue weighted by molar-refractivity contribution is 7.89. The molecule has 200 valence electrons. The van der Waals surface area contributed by atoms with Crippen molar-refractivity contribution < 1.29 is 22.7 Å². The number of rotatable bonds is 5. The standard InChI is InChI=1S/C27H29ClN4O5S/c1-36-18-27-25(19-6-10-29-11-7-19)32(16-24(33)31(27)17-26(37-27)8-12-30-13-9-26)38(34,35)23-5-3-20-14-22(28)4-2-21(20)15-23/h2-7,10-11,14-15,25,30H,8-9,12-13,16-18H2,1H3/t25?,27-/m0/s1. The van der Waals surface area contributed by atoms with Crippen LogP contribution in [0.4, 0.5) is 0 Å². The minimum atomic E-state index is -4.15. The number of carbonyl (C=O) groups excluding carboxylic acids is 1. The molecule has 3 aliphatic heterocycles. The van der Waals surface area contributed by atoms with Gasteiger partial charge in [0.2, 0.25) is 15.9 Å². The van der Waals surface area contributed by atoms with Gasteiger partial charge in [0.1, 0.15) is 6.04 Å². The molecule has 38 heavy (non-hydrogen) atoms. The SMILES string of the molecule is COC[C@@]12OC3(CCNCC3)CN1C(=O)CN(S(=O)(=O)c1ccc3cc(Cl)ccc3c1)C2c1ccncc1. The number of amides is 1. The number of hydrogen-bond donors (Lipinski definition) is 1. The first kappa shape index (κ1) is 25.7. The van der Waals surface area contributed by atoms with Crippen LogP contribution in [0.1, 0.15) is 24.4 Å². The normalized spacial score (nSPS) is 25.7. The molecular formula is C27H29ClN4O5S. The molecule has 3 aliphatic rings. The maximum atomic E-state index is 14.3. The zero-order valence-corrected chi connectivity index (χ0v) is 22.5. The Bertz CT molecular complexity index is 1480. The molecule has 0 radical (unpaired) electrons. The van der Waals surface area contributed by atoms with Crippen molar-refractivity contribution in [2.75, 3.05) is 39.9 Å². The molecule has 9 nitrogen and oxygen atoms in total. The summed E-state index contributed by atoms with van der Waals surface area (Å²) in [6.07, 6.45) is 4.67. The van der Waals surface area contributed by atoms with Gasteiger partial charge in [0.25, 0.3) is 0 Å². The lowest BCUT2D eigenvalue weighted by Gasteiger charge is -2.50. The van der Waals surface area contributed by atoms with E-state index in [1.807, 2.05) is 0 Å². The Kier molecular flexibility index (Phi) is 6.45. The number of piperidine rings is 1. The van der Waals surface area contributed by atoms with E-state index in [0.29, 0.717) is 30.0 Å². The summed E-state index contributed by atoms with van der Waals surface area (Å²) in [5.41, 5.74) is -1.23. The number of piperazine rings is 1. The van der Waals surface area contributed by atoms with E-state index in [1.165, 1.54) is 4.31 Å². The molecule has 11 heteroatoms. The number of halogens is 1. The van der Waals surface area contributed by atoms with Crippen molar-refractivity contribution in [1.29, 1.82) is 0 Å². The number of methoxy groups -OCH3 is 1. The third-order valence-electron chi connectivity index (χ3n) is 7.87. The average Bonchev–Trinajstić information content (AvgIpc) is 3.23. The van der Waals surface area contributed by atoms with Gasteiger partial charge in [0.15, 0.2) is 5.72 Å². The topological polar surface area (TPSA) is 101 Å². The predicted octanol–water partition coefficient (Wildman–Crippen LogP) is 2.96. The third-order valence-corrected chi connectivity index (χ3v) is 9.91. The van der Waals surface area contributed by atoms with Crippen LogP contribution in [-0.2, 0) is 24.3 Å². The van der Waals surface area contributed by atoms with Crippen molar-refractivity contribution in [2.24, 2.45) is 0 Å². The highest BCUT2D eigenvalue weighted by atomic mass is 35.5. The van der Waals surface area contributed by atoms with Crippen molar-refractivity contribution in [1.82, 2.24) is 19.5 Å². The van der Waals surface area contributed by atoms with E-state index in [2.05, 4.69) is 10.3 Å². The lowest BCUT2D eigenvalue weighted by atomic mass is 9.92. The van der Waals surface area contributed by atoms with Crippen LogP contribution in [-0.4, -0.2) is 79.7 Å². The summed E-state index contributed by atoms with van der Waals surface area (Å²) in [5, 5.41) is 5.48. The molecule has 3 saturated heterocycles. The van der Waals surface area contributed by atoms with Gasteiger partial charge in [0.05, 0.1) is 30.2 Å². The van der Waals surface area contributed by atoms with E-state index in [1.54, 1.807) is 72.9 Å². The second-order valence-electron chi connectivity index (χ2n) is 10.2. The van der Waals surface area contributed by atoms with Gasteiger partial charge >= 0.3 is 0 Å². The summed E-state index contributed by atoms with van der Waals surface area (Å²) < 4.78 is 42.5. The number of pyridine rings is 1. The highest BCUT2D eigenvalue weighted by Crippen LogP contribution is 2.51. The Morgan fingerprint density at radius 2 is 1.82 bits per heavy atom. The van der Waals surface area contributed by atoms with E-state index in [4.69, 9.17) is 21.1 Å². The number of fused-ring (bicyclic) bond motifs is 2. The van der Waals surface area contributed by atoms with Gasteiger partial charge in [-0.1, -0.05) is 23.7 Å². The van der Waals surface area contributed by atoms with E-state index in [9.17, 15) is 13.2 Å². The Balaban J connectivity index is 1.51. The molecule has 2 atom stereocenters. The smallest absolute Gasteiger partial charge is 0.244 e. The number of nitrogens with one attached hydrogen (secondary N) is 1. The Morgan fingerprint density at radius 3 is 2.55 bits per heavy atom. The molecule has 1 spiro atoms. The lowest BCUT2D eigenvalue weighted by molar-refractivity contribution is -0.216. The maximum Gasteiger partial charge on any atom is 0.244 e. The van der Waals surface area contributed by atoms with Crippen LogP contribution < -0.4 is 5.32 Å². The molecule has 1 unspecified atom stereocenters. The summed E-state index contributed by atoms with van der Waals surface area (Å²) in [7, 11) is -2.61. The van der Waals surface area contributed by atoms with Crippen molar-refractivity contribution in [3.63, 3.8) is 0 Å². The molecule has 0 bridgehead atoms. The largest absolute Gasteiger partial charge is 0.380 e. The number of nitrogens with zero attached hydrogens (tertiary/aromatic N) is 3. The highest BCUT2D eigenvalue weighted by Gasteiger charge is 2.65. The van der Waals surface area contributed by atoms with E-state index < -0.39 is 27.4 Å². The Morgan fingerprint density at radius 1 is 1.11 bits per heavy atom. The van der Waals surface area contributed by atoms with Gasteiger partial charge in [-0.15, -0.1) is 0 Å². The number of hydrogen-bond acceptors (Lipinski definition) is 7. The van der Waals surface area contributed by atoms with Crippen LogP contribution in [0, 0.1) is 0 Å². The summed E-state index contributed by atoms with van der Waals surface area (Å²) >= 11 is 6.13. The van der Waals surface area contributed by atoms with Crippen molar-refractivity contribution in [2.45, 2.75) is 35.1 Å². The fourth-order valence-electron chi connectivity index (χ4n) is 6.14.